The Balaban J connectivity index is 1.80. The van der Waals surface area contributed by atoms with Gasteiger partial charge in [-0.05, 0) is 61.1 Å². The van der Waals surface area contributed by atoms with E-state index in [4.69, 9.17) is 21.7 Å². The van der Waals surface area contributed by atoms with Crippen LogP contribution in [0.5, 0.6) is 11.5 Å². The lowest BCUT2D eigenvalue weighted by atomic mass is 10.2. The van der Waals surface area contributed by atoms with Crippen LogP contribution in [-0.4, -0.2) is 30.6 Å². The second-order valence-electron chi connectivity index (χ2n) is 6.64. The van der Waals surface area contributed by atoms with Gasteiger partial charge in [-0.15, -0.1) is 0 Å². The summed E-state index contributed by atoms with van der Waals surface area (Å²) in [6.45, 7) is 2.82. The maximum Gasteiger partial charge on any atom is 0.269 e. The van der Waals surface area contributed by atoms with Gasteiger partial charge in [0.1, 0.15) is 11.5 Å². The Kier molecular flexibility index (Phi) is 10.3. The van der Waals surface area contributed by atoms with E-state index in [2.05, 4.69) is 39.0 Å². The molecule has 2 amide bonds. The first kappa shape index (κ1) is 24.6. The lowest BCUT2D eigenvalue weighted by Crippen LogP contribution is -2.48. The molecule has 0 unspecified atom stereocenters. The first-order chi connectivity index (χ1) is 14.9. The van der Waals surface area contributed by atoms with E-state index < -0.39 is 11.8 Å². The van der Waals surface area contributed by atoms with Gasteiger partial charge in [-0.25, -0.2) is 0 Å². The summed E-state index contributed by atoms with van der Waals surface area (Å²) in [4.78, 5) is 24.7. The molecule has 0 aliphatic carbocycles. The van der Waals surface area contributed by atoms with E-state index >= 15 is 0 Å². The van der Waals surface area contributed by atoms with E-state index in [1.165, 1.54) is 20.0 Å². The Morgan fingerprint density at radius 1 is 1.00 bits per heavy atom. The van der Waals surface area contributed by atoms with E-state index in [0.29, 0.717) is 29.2 Å². The lowest BCUT2D eigenvalue weighted by molar-refractivity contribution is 0.0934. The van der Waals surface area contributed by atoms with Crippen molar-refractivity contribution in [3.63, 3.8) is 0 Å². The van der Waals surface area contributed by atoms with Crippen LogP contribution in [0.4, 0.5) is 0 Å². The molecule has 0 bridgehead atoms. The van der Waals surface area contributed by atoms with Crippen LogP contribution in [0.2, 0.25) is 0 Å². The number of thiocarbonyl (C=S) groups is 1. The first-order valence-electron chi connectivity index (χ1n) is 9.92. The highest BCUT2D eigenvalue weighted by Gasteiger charge is 2.14. The van der Waals surface area contributed by atoms with Crippen LogP contribution in [0.1, 0.15) is 53.3 Å². The molecule has 0 atom stereocenters. The summed E-state index contributed by atoms with van der Waals surface area (Å²) >= 11 is 8.39. The third-order valence-corrected chi connectivity index (χ3v) is 5.00. The molecule has 0 saturated carbocycles. The molecule has 3 N–H and O–H groups in total. The van der Waals surface area contributed by atoms with Crippen molar-refractivity contribution in [3.8, 4) is 11.5 Å². The Morgan fingerprint density at radius 3 is 2.42 bits per heavy atom. The highest BCUT2D eigenvalue weighted by Crippen LogP contribution is 2.22. The molecule has 2 rings (SSSR count). The third-order valence-electron chi connectivity index (χ3n) is 4.31. The second kappa shape index (κ2) is 12.9. The van der Waals surface area contributed by atoms with Crippen molar-refractivity contribution in [1.29, 1.82) is 0 Å². The van der Waals surface area contributed by atoms with Gasteiger partial charge in [-0.1, -0.05) is 42.1 Å². The predicted octanol–water partition coefficient (Wildman–Crippen LogP) is 4.37. The van der Waals surface area contributed by atoms with Crippen LogP contribution in [-0.2, 0) is 0 Å². The zero-order chi connectivity index (χ0) is 22.6. The van der Waals surface area contributed by atoms with Crippen molar-refractivity contribution in [1.82, 2.24) is 16.2 Å². The van der Waals surface area contributed by atoms with Gasteiger partial charge in [0.05, 0.1) is 19.3 Å². The molecule has 0 radical (unpaired) electrons. The Morgan fingerprint density at radius 2 is 1.74 bits per heavy atom. The summed E-state index contributed by atoms with van der Waals surface area (Å²) in [7, 11) is 1.47. The molecule has 9 heteroatoms. The number of halogens is 1. The highest BCUT2D eigenvalue weighted by atomic mass is 79.9. The number of ether oxygens (including phenoxy) is 2. The number of hydrogen-bond acceptors (Lipinski definition) is 5. The zero-order valence-corrected chi connectivity index (χ0v) is 19.9. The van der Waals surface area contributed by atoms with Crippen molar-refractivity contribution in [3.05, 3.63) is 58.1 Å². The second-order valence-corrected chi connectivity index (χ2v) is 7.96. The molecule has 0 aromatic heterocycles. The fraction of sp³-hybridized carbons (Fsp3) is 0.318. The number of hydrogen-bond donors (Lipinski definition) is 3. The van der Waals surface area contributed by atoms with Gasteiger partial charge in [0, 0.05) is 10.0 Å². The van der Waals surface area contributed by atoms with E-state index in [-0.39, 0.29) is 5.11 Å². The number of unbranched alkanes of at least 4 members (excludes halogenated alkanes) is 3. The van der Waals surface area contributed by atoms with Crippen LogP contribution < -0.4 is 25.6 Å². The Bertz CT molecular complexity index is 906. The van der Waals surface area contributed by atoms with E-state index in [9.17, 15) is 9.59 Å². The van der Waals surface area contributed by atoms with Crippen LogP contribution in [0.3, 0.4) is 0 Å². The van der Waals surface area contributed by atoms with Crippen LogP contribution >= 0.6 is 28.1 Å². The van der Waals surface area contributed by atoms with Crippen molar-refractivity contribution in [2.24, 2.45) is 0 Å². The van der Waals surface area contributed by atoms with Gasteiger partial charge in [-0.2, -0.15) is 0 Å². The third kappa shape index (κ3) is 8.18. The molecule has 2 aromatic rings. The average Bonchev–Trinajstić information content (AvgIpc) is 2.77. The molecule has 0 saturated heterocycles. The average molecular weight is 508 g/mol. The molecule has 0 aliphatic rings. The minimum Gasteiger partial charge on any atom is -0.496 e. The van der Waals surface area contributed by atoms with E-state index in [1.807, 2.05) is 0 Å². The summed E-state index contributed by atoms with van der Waals surface area (Å²) in [5.74, 6) is 0.253. The zero-order valence-electron chi connectivity index (χ0n) is 17.5. The molecule has 0 heterocycles. The molecule has 166 valence electrons. The summed E-state index contributed by atoms with van der Waals surface area (Å²) < 4.78 is 11.6. The first-order valence-corrected chi connectivity index (χ1v) is 11.1. The topological polar surface area (TPSA) is 88.7 Å². The molecule has 0 spiro atoms. The number of carbonyl (C=O) groups is 2. The van der Waals surface area contributed by atoms with Crippen LogP contribution in [0, 0.1) is 0 Å². The van der Waals surface area contributed by atoms with Crippen molar-refractivity contribution in [2.45, 2.75) is 32.6 Å². The summed E-state index contributed by atoms with van der Waals surface area (Å²) in [5, 5.41) is 2.45. The molecule has 7 nitrogen and oxygen atoms in total. The predicted molar refractivity (Wildman–Crippen MR) is 127 cm³/mol. The van der Waals surface area contributed by atoms with Gasteiger partial charge in [0.15, 0.2) is 5.11 Å². The number of nitrogens with one attached hydrogen (secondary N) is 3. The summed E-state index contributed by atoms with van der Waals surface area (Å²) in [5.41, 5.74) is 5.70. The minimum atomic E-state index is -0.467. The monoisotopic (exact) mass is 507 g/mol. The van der Waals surface area contributed by atoms with Gasteiger partial charge in [-0.3, -0.25) is 25.8 Å². The van der Waals surface area contributed by atoms with Crippen LogP contribution in [0.15, 0.2) is 46.9 Å². The quantitative estimate of drug-likeness (QED) is 0.265. The van der Waals surface area contributed by atoms with Crippen molar-refractivity contribution >= 4 is 45.1 Å². The van der Waals surface area contributed by atoms with E-state index in [1.54, 1.807) is 42.5 Å². The van der Waals surface area contributed by atoms with Crippen molar-refractivity contribution in [2.75, 3.05) is 13.7 Å². The maximum atomic E-state index is 12.4. The normalized spacial score (nSPS) is 10.2. The summed E-state index contributed by atoms with van der Waals surface area (Å²) in [6.07, 6.45) is 4.54. The number of methoxy groups -OCH3 is 1. The SMILES string of the molecule is CCCCCCOc1ccc(C(=O)NNC(=S)NC(=O)c2cc(Br)ccc2OC)cc1. The van der Waals surface area contributed by atoms with Gasteiger partial charge < -0.3 is 9.47 Å². The molecular formula is C22H26BrN3O4S. The van der Waals surface area contributed by atoms with Gasteiger partial charge >= 0.3 is 0 Å². The van der Waals surface area contributed by atoms with Crippen LogP contribution in [0.25, 0.3) is 0 Å². The molecule has 31 heavy (non-hydrogen) atoms. The number of hydrazine groups is 1. The molecule has 0 fully saturated rings. The Hall–Kier alpha value is -2.65. The van der Waals surface area contributed by atoms with Gasteiger partial charge in [0.25, 0.3) is 11.8 Å². The number of rotatable bonds is 9. The van der Waals surface area contributed by atoms with Crippen molar-refractivity contribution < 1.29 is 19.1 Å². The molecule has 0 aliphatic heterocycles. The maximum absolute atomic E-state index is 12.4. The smallest absolute Gasteiger partial charge is 0.269 e. The molecular weight excluding hydrogens is 482 g/mol. The van der Waals surface area contributed by atoms with Gasteiger partial charge in [0.2, 0.25) is 0 Å². The fourth-order valence-corrected chi connectivity index (χ4v) is 3.17. The fourth-order valence-electron chi connectivity index (χ4n) is 2.67. The summed E-state index contributed by atoms with van der Waals surface area (Å²) in [6, 6.07) is 11.8. The lowest BCUT2D eigenvalue weighted by Gasteiger charge is -2.13. The largest absolute Gasteiger partial charge is 0.496 e. The Labute approximate surface area is 196 Å². The van der Waals surface area contributed by atoms with E-state index in [0.717, 1.165) is 17.3 Å². The number of amides is 2. The number of benzene rings is 2. The highest BCUT2D eigenvalue weighted by molar-refractivity contribution is 9.10. The number of carbonyl (C=O) groups excluding carboxylic acids is 2. The molecule has 2 aromatic carbocycles. The minimum absolute atomic E-state index is 0.0487. The standard InChI is InChI=1S/C22H26BrN3O4S/c1-3-4-5-6-13-30-17-10-7-15(8-11-17)20(27)25-26-22(31)24-21(28)18-14-16(23)9-12-19(18)29-2/h7-12,14H,3-6,13H2,1-2H3,(H,25,27)(H2,24,26,28,31).